The summed E-state index contributed by atoms with van der Waals surface area (Å²) >= 11 is 0. The largest absolute Gasteiger partial charge is 0.491 e. The molecule has 1 aliphatic carbocycles. The van der Waals surface area contributed by atoms with Crippen molar-refractivity contribution >= 4 is 5.97 Å². The summed E-state index contributed by atoms with van der Waals surface area (Å²) in [4.78, 5) is 11.1. The monoisotopic (exact) mass is 307 g/mol. The SMILES string of the molecule is CC.Cc1ccc2c(c1)OCC(NCC1(C(=O)O)CC1)C2O. The van der Waals surface area contributed by atoms with E-state index in [0.29, 0.717) is 26.0 Å². The van der Waals surface area contributed by atoms with Crippen LogP contribution in [0.3, 0.4) is 0 Å². The van der Waals surface area contributed by atoms with E-state index in [1.165, 1.54) is 0 Å². The van der Waals surface area contributed by atoms with Crippen molar-refractivity contribution in [2.75, 3.05) is 13.2 Å². The van der Waals surface area contributed by atoms with Crippen molar-refractivity contribution in [2.45, 2.75) is 45.8 Å². The Morgan fingerprint density at radius 3 is 2.68 bits per heavy atom. The number of aliphatic hydroxyl groups excluding tert-OH is 1. The standard InChI is InChI=1S/C15H19NO4.C2H6/c1-9-2-3-10-12(6-9)20-7-11(13(10)17)16-8-15(4-5-15)14(18)19;1-2/h2-3,6,11,13,16-17H,4-5,7-8H2,1H3,(H,18,19);1-2H3. The van der Waals surface area contributed by atoms with Crippen LogP contribution >= 0.6 is 0 Å². The molecule has 0 amide bonds. The third-order valence-corrected chi connectivity index (χ3v) is 4.30. The first-order valence-corrected chi connectivity index (χ1v) is 7.90. The zero-order chi connectivity index (χ0) is 16.3. The molecule has 1 heterocycles. The van der Waals surface area contributed by atoms with Crippen molar-refractivity contribution in [3.05, 3.63) is 29.3 Å². The van der Waals surface area contributed by atoms with E-state index in [1.807, 2.05) is 39.0 Å². The lowest BCUT2D eigenvalue weighted by atomic mass is 9.97. The van der Waals surface area contributed by atoms with E-state index in [1.54, 1.807) is 0 Å². The smallest absolute Gasteiger partial charge is 0.310 e. The fourth-order valence-electron chi connectivity index (χ4n) is 2.61. The third-order valence-electron chi connectivity index (χ3n) is 4.30. The van der Waals surface area contributed by atoms with Gasteiger partial charge in [-0.05, 0) is 31.4 Å². The molecule has 0 bridgehead atoms. The van der Waals surface area contributed by atoms with Crippen molar-refractivity contribution in [3.63, 3.8) is 0 Å². The number of fused-ring (bicyclic) bond motifs is 1. The molecule has 2 unspecified atom stereocenters. The van der Waals surface area contributed by atoms with Gasteiger partial charge in [0, 0.05) is 12.1 Å². The van der Waals surface area contributed by atoms with E-state index in [0.717, 1.165) is 16.9 Å². The van der Waals surface area contributed by atoms with Crippen molar-refractivity contribution in [3.8, 4) is 5.75 Å². The maximum atomic E-state index is 11.1. The number of benzene rings is 1. The van der Waals surface area contributed by atoms with Gasteiger partial charge in [-0.25, -0.2) is 0 Å². The Hall–Kier alpha value is -1.59. The van der Waals surface area contributed by atoms with E-state index in [-0.39, 0.29) is 6.04 Å². The average molecular weight is 307 g/mol. The Balaban J connectivity index is 0.000000847. The van der Waals surface area contributed by atoms with Gasteiger partial charge in [0.25, 0.3) is 0 Å². The number of hydrogen-bond acceptors (Lipinski definition) is 4. The molecule has 0 aromatic heterocycles. The minimum absolute atomic E-state index is 0.262. The zero-order valence-corrected chi connectivity index (χ0v) is 13.4. The highest BCUT2D eigenvalue weighted by atomic mass is 16.5. The second kappa shape index (κ2) is 6.67. The fourth-order valence-corrected chi connectivity index (χ4v) is 2.61. The second-order valence-corrected chi connectivity index (χ2v) is 5.87. The predicted octanol–water partition coefficient (Wildman–Crippen LogP) is 2.27. The van der Waals surface area contributed by atoms with Crippen LogP contribution in [0.2, 0.25) is 0 Å². The Morgan fingerprint density at radius 1 is 1.41 bits per heavy atom. The van der Waals surface area contributed by atoms with Crippen molar-refractivity contribution in [1.29, 1.82) is 0 Å². The summed E-state index contributed by atoms with van der Waals surface area (Å²) in [5.41, 5.74) is 1.22. The Bertz CT molecular complexity index is 539. The van der Waals surface area contributed by atoms with Gasteiger partial charge in [-0.15, -0.1) is 0 Å². The van der Waals surface area contributed by atoms with Gasteiger partial charge in [0.15, 0.2) is 0 Å². The summed E-state index contributed by atoms with van der Waals surface area (Å²) in [5.74, 6) is -0.0397. The molecular formula is C17H25NO4. The van der Waals surface area contributed by atoms with Crippen molar-refractivity contribution in [2.24, 2.45) is 5.41 Å². The van der Waals surface area contributed by atoms with Gasteiger partial charge in [0.1, 0.15) is 18.5 Å². The third kappa shape index (κ3) is 3.25. The van der Waals surface area contributed by atoms with Crippen molar-refractivity contribution in [1.82, 2.24) is 5.32 Å². The molecule has 0 radical (unpaired) electrons. The predicted molar refractivity (Wildman–Crippen MR) is 84.1 cm³/mol. The summed E-state index contributed by atoms with van der Waals surface area (Å²) in [6, 6.07) is 5.46. The lowest BCUT2D eigenvalue weighted by molar-refractivity contribution is -0.143. The molecule has 2 aliphatic rings. The number of ether oxygens (including phenoxy) is 1. The highest BCUT2D eigenvalue weighted by molar-refractivity contribution is 5.78. The summed E-state index contributed by atoms with van der Waals surface area (Å²) in [5, 5.41) is 22.7. The van der Waals surface area contributed by atoms with E-state index in [9.17, 15) is 9.90 Å². The lowest BCUT2D eigenvalue weighted by Crippen LogP contribution is -2.46. The Morgan fingerprint density at radius 2 is 2.09 bits per heavy atom. The van der Waals surface area contributed by atoms with Crippen LogP contribution in [-0.4, -0.2) is 35.4 Å². The molecule has 5 heteroatoms. The number of aliphatic carboxylic acids is 1. The summed E-state index contributed by atoms with van der Waals surface area (Å²) in [7, 11) is 0. The molecule has 0 spiro atoms. The van der Waals surface area contributed by atoms with Crippen LogP contribution in [0.5, 0.6) is 5.75 Å². The highest BCUT2D eigenvalue weighted by Gasteiger charge is 2.50. The maximum Gasteiger partial charge on any atom is 0.310 e. The molecule has 3 N–H and O–H groups in total. The number of hydrogen-bond donors (Lipinski definition) is 3. The highest BCUT2D eigenvalue weighted by Crippen LogP contribution is 2.45. The van der Waals surface area contributed by atoms with E-state index >= 15 is 0 Å². The van der Waals surface area contributed by atoms with Gasteiger partial charge in [0.05, 0.1) is 11.5 Å². The second-order valence-electron chi connectivity index (χ2n) is 5.87. The summed E-state index contributed by atoms with van der Waals surface area (Å²) in [6.45, 7) is 6.71. The number of carboxylic acids is 1. The molecule has 2 atom stereocenters. The van der Waals surface area contributed by atoms with E-state index in [2.05, 4.69) is 5.32 Å². The molecule has 1 aliphatic heterocycles. The minimum atomic E-state index is -0.757. The minimum Gasteiger partial charge on any atom is -0.491 e. The normalized spacial score (nSPS) is 24.4. The van der Waals surface area contributed by atoms with Crippen LogP contribution in [0.25, 0.3) is 0 Å². The van der Waals surface area contributed by atoms with Crippen LogP contribution in [0.15, 0.2) is 18.2 Å². The number of carbonyl (C=O) groups is 1. The van der Waals surface area contributed by atoms with Gasteiger partial charge in [-0.1, -0.05) is 26.0 Å². The summed E-state index contributed by atoms with van der Waals surface area (Å²) in [6.07, 6.45) is 0.743. The molecule has 0 saturated heterocycles. The molecule has 22 heavy (non-hydrogen) atoms. The molecule has 1 aromatic carbocycles. The Labute approximate surface area is 131 Å². The van der Waals surface area contributed by atoms with Crippen LogP contribution in [-0.2, 0) is 4.79 Å². The van der Waals surface area contributed by atoms with Gasteiger partial charge in [-0.2, -0.15) is 0 Å². The molecule has 1 fully saturated rings. The topological polar surface area (TPSA) is 78.8 Å². The van der Waals surface area contributed by atoms with Crippen LogP contribution in [0, 0.1) is 12.3 Å². The molecule has 1 saturated carbocycles. The first-order chi connectivity index (χ1) is 10.5. The maximum absolute atomic E-state index is 11.1. The first kappa shape index (κ1) is 16.8. The van der Waals surface area contributed by atoms with Gasteiger partial charge in [0.2, 0.25) is 0 Å². The zero-order valence-electron chi connectivity index (χ0n) is 13.4. The summed E-state index contributed by atoms with van der Waals surface area (Å²) < 4.78 is 5.66. The molecule has 5 nitrogen and oxygen atoms in total. The number of aliphatic hydroxyl groups is 1. The van der Waals surface area contributed by atoms with Crippen molar-refractivity contribution < 1.29 is 19.7 Å². The lowest BCUT2D eigenvalue weighted by Gasteiger charge is -2.32. The van der Waals surface area contributed by atoms with Gasteiger partial charge < -0.3 is 20.3 Å². The van der Waals surface area contributed by atoms with Crippen LogP contribution < -0.4 is 10.1 Å². The van der Waals surface area contributed by atoms with Gasteiger partial charge >= 0.3 is 5.97 Å². The number of nitrogens with one attached hydrogen (secondary N) is 1. The molecule has 122 valence electrons. The quantitative estimate of drug-likeness (QED) is 0.795. The molecular weight excluding hydrogens is 282 g/mol. The fraction of sp³-hybridized carbons (Fsp3) is 0.588. The van der Waals surface area contributed by atoms with E-state index < -0.39 is 17.5 Å². The number of carboxylic acid groups (broad SMARTS) is 1. The van der Waals surface area contributed by atoms with Gasteiger partial charge in [-0.3, -0.25) is 4.79 Å². The molecule has 3 rings (SSSR count). The van der Waals surface area contributed by atoms with Crippen LogP contribution in [0.1, 0.15) is 43.9 Å². The van der Waals surface area contributed by atoms with E-state index in [4.69, 9.17) is 9.84 Å². The molecule has 1 aromatic rings. The average Bonchev–Trinajstić information content (AvgIpc) is 3.30. The number of rotatable bonds is 4. The van der Waals surface area contributed by atoms with Crippen LogP contribution in [0.4, 0.5) is 0 Å². The number of aryl methyl sites for hydroxylation is 1. The Kier molecular flexibility index (Phi) is 5.08. The first-order valence-electron chi connectivity index (χ1n) is 7.90.